The van der Waals surface area contributed by atoms with Crippen LogP contribution in [0.1, 0.15) is 361 Å². The molecule has 0 aliphatic carbocycles. The van der Waals surface area contributed by atoms with Gasteiger partial charge in [-0.3, -0.25) is 9.59 Å². The molecule has 0 saturated carbocycles. The fraction of sp³-hybridized carbons (Fsp3) is 0.882. The summed E-state index contributed by atoms with van der Waals surface area (Å²) in [5.41, 5.74) is 0. The highest BCUT2D eigenvalue weighted by molar-refractivity contribution is 5.76. The Balaban J connectivity index is 3.47. The number of ether oxygens (including phenoxy) is 1. The molecule has 74 heavy (non-hydrogen) atoms. The van der Waals surface area contributed by atoms with Crippen molar-refractivity contribution in [2.75, 3.05) is 13.2 Å². The van der Waals surface area contributed by atoms with Gasteiger partial charge in [0.1, 0.15) is 0 Å². The third kappa shape index (κ3) is 59.3. The number of rotatable bonds is 62. The van der Waals surface area contributed by atoms with E-state index in [0.29, 0.717) is 25.9 Å². The molecule has 2 unspecified atom stereocenters. The van der Waals surface area contributed by atoms with Gasteiger partial charge in [0.25, 0.3) is 0 Å². The van der Waals surface area contributed by atoms with Crippen molar-refractivity contribution in [3.63, 3.8) is 0 Å². The molecule has 0 spiro atoms. The Kier molecular flexibility index (Phi) is 62.0. The first-order chi connectivity index (χ1) is 36.5. The molecule has 3 N–H and O–H groups in total. The maximum atomic E-state index is 12.5. The molecule has 0 heterocycles. The van der Waals surface area contributed by atoms with Gasteiger partial charge in [0.05, 0.1) is 25.4 Å². The van der Waals surface area contributed by atoms with E-state index in [-0.39, 0.29) is 18.5 Å². The predicted octanol–water partition coefficient (Wildman–Crippen LogP) is 21.1. The van der Waals surface area contributed by atoms with Crippen molar-refractivity contribution in [2.24, 2.45) is 0 Å². The Bertz CT molecular complexity index is 1200. The fourth-order valence-electron chi connectivity index (χ4n) is 10.3. The molecule has 0 aromatic carbocycles. The Labute approximate surface area is 462 Å². The number of amides is 1. The van der Waals surface area contributed by atoms with Crippen LogP contribution in [0.3, 0.4) is 0 Å². The molecule has 0 saturated heterocycles. The Morgan fingerprint density at radius 1 is 0.378 bits per heavy atom. The van der Waals surface area contributed by atoms with Crippen LogP contribution in [-0.2, 0) is 14.3 Å². The number of unbranched alkanes of at least 4 members (excludes halogenated alkanes) is 46. The second kappa shape index (κ2) is 63.6. The molecule has 6 heteroatoms. The minimum Gasteiger partial charge on any atom is -0.466 e. The van der Waals surface area contributed by atoms with Crippen LogP contribution in [0.4, 0.5) is 0 Å². The van der Waals surface area contributed by atoms with E-state index in [0.717, 1.165) is 70.6 Å². The van der Waals surface area contributed by atoms with Crippen LogP contribution < -0.4 is 5.32 Å². The van der Waals surface area contributed by atoms with E-state index >= 15 is 0 Å². The summed E-state index contributed by atoms with van der Waals surface area (Å²) in [6.45, 7) is 4.92. The highest BCUT2D eigenvalue weighted by atomic mass is 16.5. The molecule has 0 bridgehead atoms. The monoisotopic (exact) mass is 1040 g/mol. The van der Waals surface area contributed by atoms with E-state index in [1.807, 2.05) is 0 Å². The van der Waals surface area contributed by atoms with Gasteiger partial charge in [-0.05, 0) is 83.5 Å². The zero-order valence-corrected chi connectivity index (χ0v) is 49.8. The maximum absolute atomic E-state index is 12.5. The van der Waals surface area contributed by atoms with Crippen molar-refractivity contribution < 1.29 is 24.5 Å². The summed E-state index contributed by atoms with van der Waals surface area (Å²) in [7, 11) is 0. The summed E-state index contributed by atoms with van der Waals surface area (Å²) in [4.78, 5) is 24.6. The van der Waals surface area contributed by atoms with Crippen molar-refractivity contribution in [3.8, 4) is 0 Å². The summed E-state index contributed by atoms with van der Waals surface area (Å²) in [5.74, 6) is -0.0634. The van der Waals surface area contributed by atoms with Crippen LogP contribution in [-0.4, -0.2) is 47.4 Å². The number of carbonyl (C=O) groups excluding carboxylic acids is 2. The lowest BCUT2D eigenvalue weighted by Gasteiger charge is -2.22. The number of allylic oxidation sites excluding steroid dienone is 6. The highest BCUT2D eigenvalue weighted by Crippen LogP contribution is 2.18. The summed E-state index contributed by atoms with van der Waals surface area (Å²) in [6, 6.07) is -0.551. The number of aliphatic hydroxyl groups is 2. The molecule has 0 aliphatic heterocycles. The SMILES string of the molecule is CCCCCC/C=C\CCCCCCCC(=O)OCCCCC/C=C\C=C/CCCCCCCCCCCCC(=O)NC(CO)C(O)CCCCCCCCCCCCCCCCCCCCCCCCCCC. The van der Waals surface area contributed by atoms with Gasteiger partial charge >= 0.3 is 5.97 Å². The molecule has 0 aliphatic rings. The molecule has 0 aromatic rings. The first-order valence-electron chi connectivity index (χ1n) is 33.3. The molecule has 0 radical (unpaired) electrons. The van der Waals surface area contributed by atoms with E-state index in [2.05, 4.69) is 55.6 Å². The van der Waals surface area contributed by atoms with Crippen LogP contribution in [0.2, 0.25) is 0 Å². The molecular formula is C68H129NO5. The maximum Gasteiger partial charge on any atom is 0.305 e. The van der Waals surface area contributed by atoms with Crippen molar-refractivity contribution in [2.45, 2.75) is 373 Å². The molecule has 1 amide bonds. The number of esters is 1. The van der Waals surface area contributed by atoms with Gasteiger partial charge < -0.3 is 20.3 Å². The average molecular weight is 1040 g/mol. The van der Waals surface area contributed by atoms with Gasteiger partial charge in [-0.15, -0.1) is 0 Å². The molecule has 0 fully saturated rings. The lowest BCUT2D eigenvalue weighted by Crippen LogP contribution is -2.45. The second-order valence-corrected chi connectivity index (χ2v) is 22.8. The molecular weight excluding hydrogens is 911 g/mol. The van der Waals surface area contributed by atoms with E-state index in [4.69, 9.17) is 4.74 Å². The molecule has 436 valence electrons. The van der Waals surface area contributed by atoms with Gasteiger partial charge in [-0.2, -0.15) is 0 Å². The first kappa shape index (κ1) is 72.1. The molecule has 0 rings (SSSR count). The van der Waals surface area contributed by atoms with Gasteiger partial charge in [0.2, 0.25) is 5.91 Å². The van der Waals surface area contributed by atoms with Gasteiger partial charge in [-0.25, -0.2) is 0 Å². The van der Waals surface area contributed by atoms with Crippen LogP contribution in [0.5, 0.6) is 0 Å². The summed E-state index contributed by atoms with van der Waals surface area (Å²) in [6.07, 6.45) is 80.3. The van der Waals surface area contributed by atoms with Crippen LogP contribution >= 0.6 is 0 Å². The summed E-state index contributed by atoms with van der Waals surface area (Å²) >= 11 is 0. The standard InChI is InChI=1S/C68H129NO5/c1-3-5-7-9-11-13-15-17-18-19-20-21-22-23-24-25-27-30-33-37-40-44-48-52-56-60-66(71)65(64-70)69-67(72)61-57-53-49-45-41-38-34-31-28-26-29-32-35-39-43-47-51-55-59-63-74-68(73)62-58-54-50-46-42-36-16-14-12-10-8-6-4-2/h14,16,32,35,39,43,65-66,70-71H,3-13,15,17-31,33-34,36-38,40-42,44-64H2,1-2H3,(H,69,72)/b16-14-,35-32-,43-39-. The molecule has 2 atom stereocenters. The van der Waals surface area contributed by atoms with Crippen molar-refractivity contribution in [1.82, 2.24) is 5.32 Å². The number of hydrogen-bond acceptors (Lipinski definition) is 5. The zero-order valence-electron chi connectivity index (χ0n) is 49.8. The van der Waals surface area contributed by atoms with Gasteiger partial charge in [0.15, 0.2) is 0 Å². The van der Waals surface area contributed by atoms with Crippen LogP contribution in [0.25, 0.3) is 0 Å². The number of hydrogen-bond donors (Lipinski definition) is 3. The normalized spacial score (nSPS) is 12.8. The Morgan fingerprint density at radius 3 is 1.05 bits per heavy atom. The predicted molar refractivity (Wildman–Crippen MR) is 324 cm³/mol. The highest BCUT2D eigenvalue weighted by Gasteiger charge is 2.20. The van der Waals surface area contributed by atoms with Crippen LogP contribution in [0, 0.1) is 0 Å². The van der Waals surface area contributed by atoms with E-state index in [1.54, 1.807) is 0 Å². The average Bonchev–Trinajstić information content (AvgIpc) is 3.40. The zero-order chi connectivity index (χ0) is 53.6. The van der Waals surface area contributed by atoms with Crippen molar-refractivity contribution in [1.29, 1.82) is 0 Å². The topological polar surface area (TPSA) is 95.9 Å². The Hall–Kier alpha value is -1.92. The summed E-state index contributed by atoms with van der Waals surface area (Å²) < 4.78 is 5.45. The lowest BCUT2D eigenvalue weighted by atomic mass is 10.0. The van der Waals surface area contributed by atoms with Crippen LogP contribution in [0.15, 0.2) is 36.5 Å². The lowest BCUT2D eigenvalue weighted by molar-refractivity contribution is -0.143. The molecule has 0 aromatic heterocycles. The van der Waals surface area contributed by atoms with Gasteiger partial charge in [0, 0.05) is 12.8 Å². The quantitative estimate of drug-likeness (QED) is 0.0244. The second-order valence-electron chi connectivity index (χ2n) is 22.8. The van der Waals surface area contributed by atoms with Gasteiger partial charge in [-0.1, -0.05) is 301 Å². The smallest absolute Gasteiger partial charge is 0.305 e. The van der Waals surface area contributed by atoms with E-state index in [1.165, 1.54) is 257 Å². The fourth-order valence-corrected chi connectivity index (χ4v) is 10.3. The molecule has 6 nitrogen and oxygen atoms in total. The van der Waals surface area contributed by atoms with Crippen molar-refractivity contribution >= 4 is 11.9 Å². The minimum absolute atomic E-state index is 0.0220. The minimum atomic E-state index is -0.673. The third-order valence-electron chi connectivity index (χ3n) is 15.4. The van der Waals surface area contributed by atoms with E-state index < -0.39 is 12.1 Å². The first-order valence-corrected chi connectivity index (χ1v) is 33.3. The van der Waals surface area contributed by atoms with Crippen molar-refractivity contribution in [3.05, 3.63) is 36.5 Å². The number of nitrogens with one attached hydrogen (secondary N) is 1. The number of carbonyl (C=O) groups is 2. The largest absolute Gasteiger partial charge is 0.466 e. The Morgan fingerprint density at radius 2 is 0.676 bits per heavy atom. The summed E-state index contributed by atoms with van der Waals surface area (Å²) in [5, 5.41) is 23.4. The third-order valence-corrected chi connectivity index (χ3v) is 15.4. The number of aliphatic hydroxyl groups excluding tert-OH is 2. The van der Waals surface area contributed by atoms with E-state index in [9.17, 15) is 19.8 Å².